The number of nitrogens with zero attached hydrogens (tertiary/aromatic N) is 3. The fourth-order valence-electron chi connectivity index (χ4n) is 1.78. The monoisotopic (exact) mass is 326 g/mol. The zero-order chi connectivity index (χ0) is 16.1. The normalized spacial score (nSPS) is 10.5. The molecule has 2 rings (SSSR count). The van der Waals surface area contributed by atoms with Crippen molar-refractivity contribution in [3.05, 3.63) is 40.8 Å². The molecule has 118 valence electrons. The van der Waals surface area contributed by atoms with Crippen LogP contribution in [0.3, 0.4) is 0 Å². The van der Waals surface area contributed by atoms with Crippen molar-refractivity contribution in [2.24, 2.45) is 0 Å². The summed E-state index contributed by atoms with van der Waals surface area (Å²) in [5.41, 5.74) is 0.213. The molecule has 0 unspecified atom stereocenters. The summed E-state index contributed by atoms with van der Waals surface area (Å²) in [5, 5.41) is 6.61. The average molecular weight is 327 g/mol. The van der Waals surface area contributed by atoms with Crippen LogP contribution in [0.1, 0.15) is 25.6 Å². The van der Waals surface area contributed by atoms with E-state index in [0.29, 0.717) is 24.7 Å². The van der Waals surface area contributed by atoms with Crippen molar-refractivity contribution in [2.45, 2.75) is 26.8 Å². The van der Waals surface area contributed by atoms with E-state index in [-0.39, 0.29) is 17.3 Å². The molecule has 0 fully saturated rings. The molecule has 1 N–H and O–H groups in total. The van der Waals surface area contributed by atoms with Crippen LogP contribution >= 0.6 is 11.6 Å². The van der Waals surface area contributed by atoms with Gasteiger partial charge in [-0.2, -0.15) is 4.98 Å². The predicted octanol–water partition coefficient (Wildman–Crippen LogP) is 3.48. The number of nitrogens with one attached hydrogen (secondary N) is 1. The lowest BCUT2D eigenvalue weighted by molar-refractivity contribution is 0.203. The molecule has 0 spiro atoms. The van der Waals surface area contributed by atoms with Crippen LogP contribution in [0.15, 0.2) is 22.7 Å². The Balaban J connectivity index is 2.06. The fourth-order valence-corrected chi connectivity index (χ4v) is 1.94. The molecule has 1 aromatic carbocycles. The highest BCUT2D eigenvalue weighted by atomic mass is 35.5. The maximum Gasteiger partial charge on any atom is 0.322 e. The van der Waals surface area contributed by atoms with E-state index >= 15 is 0 Å². The first kappa shape index (κ1) is 16.2. The molecule has 22 heavy (non-hydrogen) atoms. The fraction of sp³-hybridized carbons (Fsp3) is 0.357. The summed E-state index contributed by atoms with van der Waals surface area (Å²) >= 11 is 5.93. The van der Waals surface area contributed by atoms with Crippen molar-refractivity contribution in [3.8, 4) is 0 Å². The Morgan fingerprint density at radius 2 is 2.23 bits per heavy atom. The lowest BCUT2D eigenvalue weighted by Crippen LogP contribution is -2.34. The highest BCUT2D eigenvalue weighted by Gasteiger charge is 2.17. The summed E-state index contributed by atoms with van der Waals surface area (Å²) in [6.45, 7) is 4.31. The third kappa shape index (κ3) is 3.94. The van der Waals surface area contributed by atoms with E-state index in [1.165, 1.54) is 17.0 Å². The summed E-state index contributed by atoms with van der Waals surface area (Å²) in [4.78, 5) is 17.8. The molecule has 0 bridgehead atoms. The van der Waals surface area contributed by atoms with Gasteiger partial charge in [0.2, 0.25) is 5.89 Å². The number of urea groups is 1. The van der Waals surface area contributed by atoms with Crippen molar-refractivity contribution in [3.63, 3.8) is 0 Å². The molecule has 0 aliphatic carbocycles. The molecule has 0 saturated carbocycles. The minimum Gasteiger partial charge on any atom is -0.337 e. The van der Waals surface area contributed by atoms with Gasteiger partial charge in [-0.25, -0.2) is 9.18 Å². The number of amides is 2. The third-order valence-corrected chi connectivity index (χ3v) is 3.32. The molecule has 0 atom stereocenters. The van der Waals surface area contributed by atoms with Crippen molar-refractivity contribution < 1.29 is 13.7 Å². The Labute approximate surface area is 132 Å². The van der Waals surface area contributed by atoms with E-state index in [2.05, 4.69) is 15.5 Å². The van der Waals surface area contributed by atoms with E-state index in [4.69, 9.17) is 16.1 Å². The predicted molar refractivity (Wildman–Crippen MR) is 80.2 cm³/mol. The average Bonchev–Trinajstić information content (AvgIpc) is 2.96. The topological polar surface area (TPSA) is 71.3 Å². The first-order valence-corrected chi connectivity index (χ1v) is 7.23. The van der Waals surface area contributed by atoms with Gasteiger partial charge in [0.1, 0.15) is 12.4 Å². The van der Waals surface area contributed by atoms with Gasteiger partial charge in [0.25, 0.3) is 0 Å². The van der Waals surface area contributed by atoms with Gasteiger partial charge < -0.3 is 14.7 Å². The van der Waals surface area contributed by atoms with Gasteiger partial charge in [0.05, 0.1) is 10.7 Å². The number of hydrogen-bond donors (Lipinski definition) is 1. The van der Waals surface area contributed by atoms with Crippen LogP contribution in [0.4, 0.5) is 14.9 Å². The number of rotatable bonds is 5. The van der Waals surface area contributed by atoms with Crippen molar-refractivity contribution in [1.82, 2.24) is 15.0 Å². The SMILES string of the molecule is CCc1noc(CN(CC)C(=O)Nc2cc(F)ccc2Cl)n1. The summed E-state index contributed by atoms with van der Waals surface area (Å²) in [6, 6.07) is 3.34. The van der Waals surface area contributed by atoms with Gasteiger partial charge in [-0.05, 0) is 25.1 Å². The van der Waals surface area contributed by atoms with Crippen LogP contribution in [-0.4, -0.2) is 27.6 Å². The van der Waals surface area contributed by atoms with Crippen LogP contribution < -0.4 is 5.32 Å². The first-order chi connectivity index (χ1) is 10.5. The van der Waals surface area contributed by atoms with Gasteiger partial charge in [-0.15, -0.1) is 0 Å². The standard InChI is InChI=1S/C14H16ClFN4O2/c1-3-12-18-13(22-19-12)8-20(4-2)14(21)17-11-7-9(16)5-6-10(11)15/h5-7H,3-4,8H2,1-2H3,(H,17,21). The molecule has 0 radical (unpaired) electrons. The number of carbonyl (C=O) groups is 1. The van der Waals surface area contributed by atoms with Crippen LogP contribution in [0.5, 0.6) is 0 Å². The lowest BCUT2D eigenvalue weighted by atomic mass is 10.3. The number of aromatic nitrogens is 2. The molecular weight excluding hydrogens is 311 g/mol. The van der Waals surface area contributed by atoms with Gasteiger partial charge in [0.15, 0.2) is 5.82 Å². The molecule has 8 heteroatoms. The summed E-state index contributed by atoms with van der Waals surface area (Å²) in [7, 11) is 0. The third-order valence-electron chi connectivity index (χ3n) is 2.99. The maximum atomic E-state index is 13.2. The number of benzene rings is 1. The Bertz CT molecular complexity index is 662. The zero-order valence-electron chi connectivity index (χ0n) is 12.3. The largest absolute Gasteiger partial charge is 0.337 e. The van der Waals surface area contributed by atoms with Crippen LogP contribution in [-0.2, 0) is 13.0 Å². The highest BCUT2D eigenvalue weighted by molar-refractivity contribution is 6.33. The van der Waals surface area contributed by atoms with E-state index in [1.807, 2.05) is 13.8 Å². The molecule has 1 aromatic heterocycles. The van der Waals surface area contributed by atoms with E-state index in [1.54, 1.807) is 0 Å². The van der Waals surface area contributed by atoms with Crippen molar-refractivity contribution >= 4 is 23.3 Å². The second kappa shape index (κ2) is 7.22. The smallest absolute Gasteiger partial charge is 0.322 e. The minimum atomic E-state index is -0.479. The Morgan fingerprint density at radius 3 is 2.86 bits per heavy atom. The lowest BCUT2D eigenvalue weighted by Gasteiger charge is -2.19. The summed E-state index contributed by atoms with van der Waals surface area (Å²) < 4.78 is 18.3. The first-order valence-electron chi connectivity index (χ1n) is 6.86. The van der Waals surface area contributed by atoms with E-state index in [0.717, 1.165) is 6.07 Å². The number of anilines is 1. The summed E-state index contributed by atoms with van der Waals surface area (Å²) in [6.07, 6.45) is 0.653. The van der Waals surface area contributed by atoms with Crippen molar-refractivity contribution in [2.75, 3.05) is 11.9 Å². The number of carbonyl (C=O) groups excluding carboxylic acids is 1. The van der Waals surface area contributed by atoms with Gasteiger partial charge in [-0.3, -0.25) is 0 Å². The van der Waals surface area contributed by atoms with Crippen LogP contribution in [0.25, 0.3) is 0 Å². The highest BCUT2D eigenvalue weighted by Crippen LogP contribution is 2.22. The van der Waals surface area contributed by atoms with E-state index < -0.39 is 11.8 Å². The number of hydrogen-bond acceptors (Lipinski definition) is 4. The Kier molecular flexibility index (Phi) is 5.32. The van der Waals surface area contributed by atoms with Gasteiger partial charge >= 0.3 is 6.03 Å². The molecule has 2 amide bonds. The van der Waals surface area contributed by atoms with Crippen molar-refractivity contribution in [1.29, 1.82) is 0 Å². The number of halogens is 2. The quantitative estimate of drug-likeness (QED) is 0.913. The minimum absolute atomic E-state index is 0.169. The summed E-state index contributed by atoms with van der Waals surface area (Å²) in [5.74, 6) is 0.450. The molecule has 0 aliphatic heterocycles. The molecule has 0 aliphatic rings. The molecule has 1 heterocycles. The molecule has 0 saturated heterocycles. The molecule has 6 nitrogen and oxygen atoms in total. The number of aryl methyl sites for hydroxylation is 1. The molecule has 2 aromatic rings. The van der Waals surface area contributed by atoms with Crippen LogP contribution in [0, 0.1) is 5.82 Å². The Hall–Kier alpha value is -2.15. The van der Waals surface area contributed by atoms with Gasteiger partial charge in [-0.1, -0.05) is 23.7 Å². The van der Waals surface area contributed by atoms with Crippen LogP contribution in [0.2, 0.25) is 5.02 Å². The zero-order valence-corrected chi connectivity index (χ0v) is 13.0. The Morgan fingerprint density at radius 1 is 1.45 bits per heavy atom. The second-order valence-electron chi connectivity index (χ2n) is 4.53. The van der Waals surface area contributed by atoms with Gasteiger partial charge in [0, 0.05) is 13.0 Å². The van der Waals surface area contributed by atoms with E-state index in [9.17, 15) is 9.18 Å². The molecular formula is C14H16ClFN4O2. The maximum absolute atomic E-state index is 13.2. The second-order valence-corrected chi connectivity index (χ2v) is 4.93.